The lowest BCUT2D eigenvalue weighted by atomic mass is 9.96. The van der Waals surface area contributed by atoms with E-state index in [1.165, 1.54) is 19.2 Å². The number of carbonyl (C=O) groups excluding carboxylic acids is 1. The van der Waals surface area contributed by atoms with Gasteiger partial charge < -0.3 is 29.9 Å². The predicted octanol–water partition coefficient (Wildman–Crippen LogP) is 1.49. The van der Waals surface area contributed by atoms with E-state index in [0.717, 1.165) is 4.57 Å². The highest BCUT2D eigenvalue weighted by Gasteiger charge is 2.54. The quantitative estimate of drug-likeness (QED) is 0.151. The molecule has 1 aromatic heterocycles. The summed E-state index contributed by atoms with van der Waals surface area (Å²) in [5.41, 5.74) is 3.17. The van der Waals surface area contributed by atoms with Crippen molar-refractivity contribution < 1.29 is 38.1 Å². The van der Waals surface area contributed by atoms with Crippen molar-refractivity contribution in [1.82, 2.24) is 14.6 Å². The molecule has 1 saturated heterocycles. The highest BCUT2D eigenvalue weighted by molar-refractivity contribution is 7.52. The number of aromatic nitrogens is 2. The molecule has 0 radical (unpaired) electrons. The van der Waals surface area contributed by atoms with Crippen molar-refractivity contribution >= 4 is 19.5 Å². The standard InChI is InChI=1S/C25H29N4O9P/c1-25(33)21(30)19(37-23(25)29-14-12-20(26)28-24(29)32)16-36-39(34,38-18-10-6-3-7-11-18)27-13-15-35-22(31)17-8-4-2-5-9-17/h2-12,14,19,21,23,30,33H,13,15-16H2,1H3,(H,27,34)(H2,26,28,32)/t19-,21-,23-,25-,39?/m1/s1. The Morgan fingerprint density at radius 3 is 2.51 bits per heavy atom. The number of aliphatic hydroxyl groups excluding tert-OH is 1. The Labute approximate surface area is 223 Å². The topological polar surface area (TPSA) is 184 Å². The molecule has 1 fully saturated rings. The number of aliphatic hydroxyl groups is 2. The molecular formula is C25H29N4O9P. The zero-order valence-electron chi connectivity index (χ0n) is 21.0. The number of nitrogens with two attached hydrogens (primary N) is 1. The van der Waals surface area contributed by atoms with Gasteiger partial charge in [-0.2, -0.15) is 4.98 Å². The molecule has 2 aromatic carbocycles. The summed E-state index contributed by atoms with van der Waals surface area (Å²) in [5.74, 6) is -0.346. The largest absolute Gasteiger partial charge is 0.461 e. The first-order valence-electron chi connectivity index (χ1n) is 12.0. The Bertz CT molecular complexity index is 1370. The Morgan fingerprint density at radius 2 is 1.85 bits per heavy atom. The summed E-state index contributed by atoms with van der Waals surface area (Å²) in [6, 6.07) is 17.9. The van der Waals surface area contributed by atoms with Crippen molar-refractivity contribution in [3.8, 4) is 5.75 Å². The minimum absolute atomic E-state index is 0.0196. The fourth-order valence-electron chi connectivity index (χ4n) is 3.86. The summed E-state index contributed by atoms with van der Waals surface area (Å²) >= 11 is 0. The molecular weight excluding hydrogens is 531 g/mol. The first kappa shape index (κ1) is 28.4. The van der Waals surface area contributed by atoms with Gasteiger partial charge in [0.15, 0.2) is 6.23 Å². The van der Waals surface area contributed by atoms with E-state index in [0.29, 0.717) is 5.56 Å². The second-order valence-electron chi connectivity index (χ2n) is 8.85. The van der Waals surface area contributed by atoms with E-state index in [1.807, 2.05) is 0 Å². The van der Waals surface area contributed by atoms with Crippen molar-refractivity contribution in [2.24, 2.45) is 0 Å². The molecule has 0 saturated carbocycles. The van der Waals surface area contributed by atoms with Crippen LogP contribution < -0.4 is 21.0 Å². The number of esters is 1. The Balaban J connectivity index is 1.42. The normalized spacial score (nSPS) is 24.1. The molecule has 0 amide bonds. The van der Waals surface area contributed by atoms with Gasteiger partial charge in [-0.3, -0.25) is 9.09 Å². The molecule has 1 aliphatic heterocycles. The van der Waals surface area contributed by atoms with Gasteiger partial charge in [-0.15, -0.1) is 0 Å². The SMILES string of the molecule is C[C@@]1(O)[C@H](O)[C@@H](COP(=O)(NCCOC(=O)c2ccccc2)Oc2ccccc2)O[C@H]1n1ccc(N)nc1=O. The lowest BCUT2D eigenvalue weighted by Gasteiger charge is -2.27. The van der Waals surface area contributed by atoms with Gasteiger partial charge in [0.2, 0.25) is 0 Å². The number of nitrogen functional groups attached to an aromatic ring is 1. The van der Waals surface area contributed by atoms with E-state index in [2.05, 4.69) is 10.1 Å². The van der Waals surface area contributed by atoms with Crippen LogP contribution in [0, 0.1) is 0 Å². The highest BCUT2D eigenvalue weighted by atomic mass is 31.2. The molecule has 1 aliphatic rings. The van der Waals surface area contributed by atoms with E-state index in [-0.39, 0.29) is 24.7 Å². The van der Waals surface area contributed by atoms with Gasteiger partial charge in [0.1, 0.15) is 36.0 Å². The third kappa shape index (κ3) is 6.90. The summed E-state index contributed by atoms with van der Waals surface area (Å²) in [4.78, 5) is 28.1. The van der Waals surface area contributed by atoms with Crippen molar-refractivity contribution in [3.63, 3.8) is 0 Å². The Hall–Kier alpha value is -3.58. The first-order valence-corrected chi connectivity index (χ1v) is 13.5. The molecule has 2 heterocycles. The number of rotatable bonds is 11. The van der Waals surface area contributed by atoms with Gasteiger partial charge >= 0.3 is 19.4 Å². The molecule has 14 heteroatoms. The summed E-state index contributed by atoms with van der Waals surface area (Å²) in [6.45, 7) is 0.547. The number of hydrogen-bond acceptors (Lipinski definition) is 11. The van der Waals surface area contributed by atoms with Crippen LogP contribution in [0.3, 0.4) is 0 Å². The van der Waals surface area contributed by atoms with Crippen LogP contribution in [0.4, 0.5) is 5.82 Å². The molecule has 13 nitrogen and oxygen atoms in total. The minimum Gasteiger partial charge on any atom is -0.461 e. The van der Waals surface area contributed by atoms with E-state index < -0.39 is 50.0 Å². The third-order valence-electron chi connectivity index (χ3n) is 5.89. The molecule has 0 aliphatic carbocycles. The first-order chi connectivity index (χ1) is 18.6. The Morgan fingerprint density at radius 1 is 1.18 bits per heavy atom. The maximum atomic E-state index is 13.6. The van der Waals surface area contributed by atoms with Gasteiger partial charge in [-0.25, -0.2) is 19.2 Å². The number of carbonyl (C=O) groups is 1. The maximum Gasteiger partial charge on any atom is 0.458 e. The molecule has 0 spiro atoms. The van der Waals surface area contributed by atoms with Crippen LogP contribution in [0.2, 0.25) is 0 Å². The van der Waals surface area contributed by atoms with E-state index in [9.17, 15) is 24.4 Å². The third-order valence-corrected chi connectivity index (χ3v) is 7.44. The van der Waals surface area contributed by atoms with Crippen LogP contribution in [-0.2, 0) is 18.6 Å². The van der Waals surface area contributed by atoms with Crippen LogP contribution in [0.25, 0.3) is 0 Å². The van der Waals surface area contributed by atoms with Gasteiger partial charge in [0.25, 0.3) is 0 Å². The molecule has 0 bridgehead atoms. The number of benzene rings is 2. The van der Waals surface area contributed by atoms with Crippen molar-refractivity contribution in [1.29, 1.82) is 0 Å². The number of nitrogens with zero attached hydrogens (tertiary/aromatic N) is 2. The molecule has 5 N–H and O–H groups in total. The van der Waals surface area contributed by atoms with Crippen molar-refractivity contribution in [3.05, 3.63) is 89.0 Å². The average Bonchev–Trinajstić information content (AvgIpc) is 3.14. The second kappa shape index (κ2) is 12.1. The fraction of sp³-hybridized carbons (Fsp3) is 0.320. The summed E-state index contributed by atoms with van der Waals surface area (Å²) in [7, 11) is -4.11. The number of para-hydroxylation sites is 1. The molecule has 3 aromatic rings. The van der Waals surface area contributed by atoms with E-state index in [1.54, 1.807) is 60.7 Å². The van der Waals surface area contributed by atoms with Crippen LogP contribution in [0.15, 0.2) is 77.7 Å². The summed E-state index contributed by atoms with van der Waals surface area (Å²) in [5, 5.41) is 24.3. The lowest BCUT2D eigenvalue weighted by Crippen LogP contribution is -2.46. The summed E-state index contributed by atoms with van der Waals surface area (Å²) < 4.78 is 36.7. The van der Waals surface area contributed by atoms with Gasteiger partial charge in [0, 0.05) is 12.7 Å². The van der Waals surface area contributed by atoms with Crippen LogP contribution in [0.5, 0.6) is 5.75 Å². The van der Waals surface area contributed by atoms with Gasteiger partial charge in [-0.1, -0.05) is 36.4 Å². The van der Waals surface area contributed by atoms with Gasteiger partial charge in [0.05, 0.1) is 12.2 Å². The predicted molar refractivity (Wildman–Crippen MR) is 139 cm³/mol. The lowest BCUT2D eigenvalue weighted by molar-refractivity contribution is -0.0984. The van der Waals surface area contributed by atoms with Crippen molar-refractivity contribution in [2.45, 2.75) is 31.0 Å². The molecule has 4 rings (SSSR count). The highest BCUT2D eigenvalue weighted by Crippen LogP contribution is 2.46. The maximum absolute atomic E-state index is 13.6. The molecule has 1 unspecified atom stereocenters. The molecule has 5 atom stereocenters. The molecule has 208 valence electrons. The van der Waals surface area contributed by atoms with Crippen LogP contribution in [-0.4, -0.2) is 63.3 Å². The monoisotopic (exact) mass is 560 g/mol. The minimum atomic E-state index is -4.11. The van der Waals surface area contributed by atoms with Crippen molar-refractivity contribution in [2.75, 3.05) is 25.5 Å². The zero-order valence-corrected chi connectivity index (χ0v) is 21.8. The zero-order chi connectivity index (χ0) is 28.0. The summed E-state index contributed by atoms with van der Waals surface area (Å²) in [6.07, 6.45) is -2.80. The smallest absolute Gasteiger partial charge is 0.458 e. The Kier molecular flexibility index (Phi) is 8.80. The van der Waals surface area contributed by atoms with E-state index >= 15 is 0 Å². The number of nitrogens with one attached hydrogen (secondary N) is 1. The second-order valence-corrected chi connectivity index (χ2v) is 10.6. The fourth-order valence-corrected chi connectivity index (χ4v) is 5.18. The number of ether oxygens (including phenoxy) is 2. The molecule has 39 heavy (non-hydrogen) atoms. The number of anilines is 1. The van der Waals surface area contributed by atoms with Crippen LogP contribution >= 0.6 is 7.75 Å². The number of hydrogen-bond donors (Lipinski definition) is 4. The van der Waals surface area contributed by atoms with Gasteiger partial charge in [-0.05, 0) is 37.3 Å². The van der Waals surface area contributed by atoms with E-state index in [4.69, 9.17) is 24.3 Å². The average molecular weight is 560 g/mol. The van der Waals surface area contributed by atoms with Crippen LogP contribution in [0.1, 0.15) is 23.5 Å².